The van der Waals surface area contributed by atoms with Crippen molar-refractivity contribution < 1.29 is 22.7 Å². The number of anilines is 2. The van der Waals surface area contributed by atoms with E-state index in [-0.39, 0.29) is 4.90 Å². The van der Waals surface area contributed by atoms with Gasteiger partial charge < -0.3 is 15.4 Å². The van der Waals surface area contributed by atoms with Gasteiger partial charge >= 0.3 is 12.0 Å². The van der Waals surface area contributed by atoms with Crippen LogP contribution in [0.1, 0.15) is 35.0 Å². The number of benzene rings is 1. The van der Waals surface area contributed by atoms with Crippen molar-refractivity contribution in [2.24, 2.45) is 0 Å². The molecule has 0 atom stereocenters. The zero-order chi connectivity index (χ0) is 23.3. The van der Waals surface area contributed by atoms with Gasteiger partial charge in [0.1, 0.15) is 21.9 Å². The van der Waals surface area contributed by atoms with Crippen molar-refractivity contribution in [2.75, 3.05) is 19.0 Å². The zero-order valence-corrected chi connectivity index (χ0v) is 19.4. The van der Waals surface area contributed by atoms with E-state index < -0.39 is 22.0 Å². The van der Waals surface area contributed by atoms with E-state index >= 15 is 0 Å². The van der Waals surface area contributed by atoms with E-state index in [1.807, 2.05) is 11.6 Å². The second-order valence-electron chi connectivity index (χ2n) is 6.81. The molecule has 0 aliphatic heterocycles. The van der Waals surface area contributed by atoms with Gasteiger partial charge in [0, 0.05) is 12.2 Å². The molecule has 2 heterocycles. The molecule has 12 heteroatoms. The summed E-state index contributed by atoms with van der Waals surface area (Å²) in [5.74, 6) is 0.0279. The van der Waals surface area contributed by atoms with Crippen LogP contribution in [0.4, 0.5) is 16.3 Å². The van der Waals surface area contributed by atoms with Crippen LogP contribution >= 0.6 is 11.3 Å². The molecule has 0 aliphatic rings. The molecule has 0 spiro atoms. The van der Waals surface area contributed by atoms with Gasteiger partial charge in [-0.15, -0.1) is 11.3 Å². The fraction of sp³-hybridized carbons (Fsp3) is 0.300. The summed E-state index contributed by atoms with van der Waals surface area (Å²) in [4.78, 5) is 33.2. The number of unbranched alkanes of at least 4 members (excludes halogenated alkanes) is 1. The number of rotatable bonds is 8. The van der Waals surface area contributed by atoms with Crippen LogP contribution in [0, 0.1) is 6.92 Å². The smallest absolute Gasteiger partial charge is 0.348 e. The largest absolute Gasteiger partial charge is 0.465 e. The Kier molecular flexibility index (Phi) is 7.26. The number of thiophene rings is 1. The number of aryl methyl sites for hydroxylation is 1. The molecule has 3 rings (SSSR count). The van der Waals surface area contributed by atoms with Gasteiger partial charge in [-0.05, 0) is 43.2 Å². The summed E-state index contributed by atoms with van der Waals surface area (Å²) in [5.41, 5.74) is 1.26. The van der Waals surface area contributed by atoms with Crippen molar-refractivity contribution in [1.29, 1.82) is 0 Å². The molecule has 0 saturated heterocycles. The Morgan fingerprint density at radius 1 is 1.16 bits per heavy atom. The number of nitrogens with one attached hydrogen (secondary N) is 3. The molecule has 170 valence electrons. The Balaban J connectivity index is 1.79. The second-order valence-corrected chi connectivity index (χ2v) is 9.50. The third kappa shape index (κ3) is 5.14. The Bertz CT molecular complexity index is 1240. The van der Waals surface area contributed by atoms with E-state index in [0.29, 0.717) is 38.7 Å². The van der Waals surface area contributed by atoms with E-state index in [1.54, 1.807) is 19.1 Å². The quantitative estimate of drug-likeness (QED) is 0.332. The molecule has 3 N–H and O–H groups in total. The van der Waals surface area contributed by atoms with Gasteiger partial charge in [-0.3, -0.25) is 0 Å². The summed E-state index contributed by atoms with van der Waals surface area (Å²) in [5, 5.41) is 6.30. The van der Waals surface area contributed by atoms with Crippen LogP contribution in [0.25, 0.3) is 10.2 Å². The van der Waals surface area contributed by atoms with Gasteiger partial charge in [0.05, 0.1) is 17.4 Å². The molecule has 0 unspecified atom stereocenters. The first-order chi connectivity index (χ1) is 15.3. The maximum absolute atomic E-state index is 12.4. The molecule has 3 aromatic rings. The number of methoxy groups -OCH3 is 1. The van der Waals surface area contributed by atoms with Gasteiger partial charge in [-0.2, -0.15) is 0 Å². The number of hydrogen-bond donors (Lipinski definition) is 3. The summed E-state index contributed by atoms with van der Waals surface area (Å²) in [6, 6.07) is 5.10. The number of nitrogens with zero attached hydrogens (tertiary/aromatic N) is 2. The minimum absolute atomic E-state index is 0.0544. The average Bonchev–Trinajstić information content (AvgIpc) is 3.11. The highest BCUT2D eigenvalue weighted by Crippen LogP contribution is 2.34. The highest BCUT2D eigenvalue weighted by Gasteiger charge is 2.20. The third-order valence-corrected chi connectivity index (χ3v) is 7.09. The van der Waals surface area contributed by atoms with Crippen LogP contribution in [0.15, 0.2) is 35.5 Å². The number of carbonyl (C=O) groups excluding carboxylic acids is 2. The summed E-state index contributed by atoms with van der Waals surface area (Å²) in [6.07, 6.45) is 3.02. The molecule has 10 nitrogen and oxygen atoms in total. The van der Waals surface area contributed by atoms with Gasteiger partial charge in [-0.1, -0.05) is 13.3 Å². The molecule has 0 radical (unpaired) electrons. The molecule has 0 fully saturated rings. The number of amides is 2. The molecule has 2 amide bonds. The Hall–Kier alpha value is -3.25. The predicted molar refractivity (Wildman–Crippen MR) is 122 cm³/mol. The number of esters is 1. The fourth-order valence-corrected chi connectivity index (χ4v) is 4.90. The maximum Gasteiger partial charge on any atom is 0.348 e. The first kappa shape index (κ1) is 23.4. The van der Waals surface area contributed by atoms with Crippen LogP contribution < -0.4 is 15.4 Å². The van der Waals surface area contributed by atoms with Crippen LogP contribution in [0.5, 0.6) is 0 Å². The fourth-order valence-electron chi connectivity index (χ4n) is 2.90. The molecule has 0 saturated carbocycles. The van der Waals surface area contributed by atoms with Crippen molar-refractivity contribution >= 4 is 55.1 Å². The van der Waals surface area contributed by atoms with Gasteiger partial charge in [0.25, 0.3) is 10.0 Å². The molecule has 32 heavy (non-hydrogen) atoms. The topological polar surface area (TPSA) is 139 Å². The van der Waals surface area contributed by atoms with E-state index in [4.69, 9.17) is 4.74 Å². The second kappa shape index (κ2) is 9.92. The lowest BCUT2D eigenvalue weighted by atomic mass is 10.2. The van der Waals surface area contributed by atoms with E-state index in [2.05, 4.69) is 20.6 Å². The maximum atomic E-state index is 12.4. The number of aromatic nitrogens is 2. The number of fused-ring (bicyclic) bond motifs is 1. The number of hydrogen-bond acceptors (Lipinski definition) is 9. The Morgan fingerprint density at radius 2 is 1.88 bits per heavy atom. The number of carbonyl (C=O) groups is 2. The van der Waals surface area contributed by atoms with Gasteiger partial charge in [-0.25, -0.2) is 32.7 Å². The standard InChI is InChI=1S/C20H23N5O5S2/c1-4-5-10-21-20(27)25-32(28,29)14-8-6-13(7-9-14)24-17-15-12(2)16(19(26)30-3)31-18(15)23-11-22-17/h6-9,11H,4-5,10H2,1-3H3,(H2,21,25,27)(H,22,23,24). The first-order valence-corrected chi connectivity index (χ1v) is 12.1. The van der Waals surface area contributed by atoms with Gasteiger partial charge in [0.2, 0.25) is 0 Å². The molecule has 2 aromatic heterocycles. The highest BCUT2D eigenvalue weighted by molar-refractivity contribution is 7.90. The highest BCUT2D eigenvalue weighted by atomic mass is 32.2. The van der Waals surface area contributed by atoms with E-state index in [0.717, 1.165) is 12.8 Å². The van der Waals surface area contributed by atoms with Crippen molar-refractivity contribution in [2.45, 2.75) is 31.6 Å². The predicted octanol–water partition coefficient (Wildman–Crippen LogP) is 3.32. The summed E-state index contributed by atoms with van der Waals surface area (Å²) in [7, 11) is -2.69. The van der Waals surface area contributed by atoms with Crippen molar-refractivity contribution in [3.63, 3.8) is 0 Å². The third-order valence-electron chi connectivity index (χ3n) is 4.57. The lowest BCUT2D eigenvalue weighted by Crippen LogP contribution is -2.39. The summed E-state index contributed by atoms with van der Waals surface area (Å²) in [6.45, 7) is 4.15. The van der Waals surface area contributed by atoms with Crippen molar-refractivity contribution in [1.82, 2.24) is 20.0 Å². The van der Waals surface area contributed by atoms with E-state index in [1.165, 1.54) is 36.9 Å². The first-order valence-electron chi connectivity index (χ1n) is 9.77. The normalized spacial score (nSPS) is 11.2. The van der Waals surface area contributed by atoms with Crippen LogP contribution in [0.2, 0.25) is 0 Å². The number of urea groups is 1. The van der Waals surface area contributed by atoms with Crippen LogP contribution in [-0.2, 0) is 14.8 Å². The minimum Gasteiger partial charge on any atom is -0.465 e. The SMILES string of the molecule is CCCCNC(=O)NS(=O)(=O)c1ccc(Nc2ncnc3sc(C(=O)OC)c(C)c23)cc1. The molecule has 0 bridgehead atoms. The molecular formula is C20H23N5O5S2. The number of sulfonamides is 1. The van der Waals surface area contributed by atoms with E-state index in [9.17, 15) is 18.0 Å². The monoisotopic (exact) mass is 477 g/mol. The summed E-state index contributed by atoms with van der Waals surface area (Å²) >= 11 is 1.21. The van der Waals surface area contributed by atoms with Crippen molar-refractivity contribution in [3.8, 4) is 0 Å². The lowest BCUT2D eigenvalue weighted by molar-refractivity contribution is 0.0605. The zero-order valence-electron chi connectivity index (χ0n) is 17.8. The molecular weight excluding hydrogens is 454 g/mol. The van der Waals surface area contributed by atoms with Gasteiger partial charge in [0.15, 0.2) is 0 Å². The molecule has 0 aliphatic carbocycles. The average molecular weight is 478 g/mol. The molecule has 1 aromatic carbocycles. The minimum atomic E-state index is -4.00. The van der Waals surface area contributed by atoms with Crippen LogP contribution in [0.3, 0.4) is 0 Å². The number of ether oxygens (including phenoxy) is 1. The Morgan fingerprint density at radius 3 is 2.53 bits per heavy atom. The van der Waals surface area contributed by atoms with Crippen molar-refractivity contribution in [3.05, 3.63) is 41.0 Å². The summed E-state index contributed by atoms with van der Waals surface area (Å²) < 4.78 is 31.6. The lowest BCUT2D eigenvalue weighted by Gasteiger charge is -2.10. The van der Waals surface area contributed by atoms with Crippen LogP contribution in [-0.4, -0.2) is 44.0 Å². The Labute approximate surface area is 189 Å².